The van der Waals surface area contributed by atoms with E-state index >= 15 is 0 Å². The molecule has 2 heterocycles. The van der Waals surface area contributed by atoms with Crippen molar-refractivity contribution < 1.29 is 0 Å². The van der Waals surface area contributed by atoms with Crippen LogP contribution in [0.2, 0.25) is 0 Å². The molecule has 0 radical (unpaired) electrons. The van der Waals surface area contributed by atoms with Crippen molar-refractivity contribution in [3.05, 3.63) is 66.9 Å². The monoisotopic (exact) mass is 333 g/mol. The first-order valence-corrected chi connectivity index (χ1v) is 6.91. The average Bonchev–Trinajstić information content (AvgIpc) is 2.77. The van der Waals surface area contributed by atoms with Gasteiger partial charge in [0.05, 0.1) is 12.1 Å². The van der Waals surface area contributed by atoms with Gasteiger partial charge in [0, 0.05) is 10.2 Å². The molecule has 5 nitrogen and oxygen atoms in total. The second kappa shape index (κ2) is 4.79. The predicted molar refractivity (Wildman–Crippen MR) is 81.2 cm³/mol. The van der Waals surface area contributed by atoms with Gasteiger partial charge in [0.15, 0.2) is 0 Å². The number of rotatable bonds is 2. The zero-order chi connectivity index (χ0) is 14.3. The van der Waals surface area contributed by atoms with Crippen LogP contribution in [0.4, 0.5) is 0 Å². The fourth-order valence-electron chi connectivity index (χ4n) is 2.18. The van der Waals surface area contributed by atoms with E-state index in [-0.39, 0.29) is 12.1 Å². The molecule has 0 saturated heterocycles. The maximum Gasteiger partial charge on any atom is 0.329 e. The van der Waals surface area contributed by atoms with E-state index < -0.39 is 5.69 Å². The number of fused-ring (bicyclic) bond motifs is 1. The topological polar surface area (TPSA) is 70.7 Å². The van der Waals surface area contributed by atoms with Gasteiger partial charge in [-0.05, 0) is 30.7 Å². The summed E-state index contributed by atoms with van der Waals surface area (Å²) < 4.78 is 2.15. The second-order valence-electron chi connectivity index (χ2n) is 4.69. The first-order chi connectivity index (χ1) is 9.54. The maximum absolute atomic E-state index is 12.3. The highest BCUT2D eigenvalue weighted by Gasteiger charge is 2.09. The molecule has 0 fully saturated rings. The fraction of sp³-hybridized carbons (Fsp3) is 0.143. The summed E-state index contributed by atoms with van der Waals surface area (Å²) in [5.41, 5.74) is 2.01. The van der Waals surface area contributed by atoms with Crippen LogP contribution >= 0.6 is 15.9 Å². The molecule has 6 heteroatoms. The lowest BCUT2D eigenvalue weighted by molar-refractivity contribution is 0.710. The van der Waals surface area contributed by atoms with Crippen molar-refractivity contribution in [3.63, 3.8) is 0 Å². The Morgan fingerprint density at radius 3 is 2.55 bits per heavy atom. The Bertz CT molecular complexity index is 887. The molecule has 0 spiro atoms. The van der Waals surface area contributed by atoms with E-state index in [1.165, 1.54) is 4.57 Å². The molecule has 0 saturated carbocycles. The molecule has 102 valence electrons. The van der Waals surface area contributed by atoms with Gasteiger partial charge in [-0.15, -0.1) is 0 Å². The summed E-state index contributed by atoms with van der Waals surface area (Å²) in [5.74, 6) is 0. The van der Waals surface area contributed by atoms with Crippen molar-refractivity contribution in [1.29, 1.82) is 0 Å². The van der Waals surface area contributed by atoms with E-state index in [1.54, 1.807) is 6.07 Å². The smallest absolute Gasteiger partial charge is 0.329 e. The van der Waals surface area contributed by atoms with Crippen molar-refractivity contribution in [3.8, 4) is 0 Å². The lowest BCUT2D eigenvalue weighted by atomic mass is 10.2. The number of H-pyrrole nitrogens is 2. The van der Waals surface area contributed by atoms with E-state index in [0.29, 0.717) is 11.0 Å². The minimum Gasteiger partial charge on any atom is -0.353 e. The van der Waals surface area contributed by atoms with Gasteiger partial charge in [0.2, 0.25) is 0 Å². The lowest BCUT2D eigenvalue weighted by Crippen LogP contribution is -2.35. The van der Waals surface area contributed by atoms with Crippen LogP contribution in [-0.4, -0.2) is 14.5 Å². The molecule has 3 rings (SSSR count). The first kappa shape index (κ1) is 12.9. The Morgan fingerprint density at radius 2 is 1.85 bits per heavy atom. The average molecular weight is 334 g/mol. The molecule has 0 aliphatic heterocycles. The Balaban J connectivity index is 2.13. The van der Waals surface area contributed by atoms with Crippen molar-refractivity contribution in [1.82, 2.24) is 14.5 Å². The van der Waals surface area contributed by atoms with Gasteiger partial charge >= 0.3 is 5.69 Å². The van der Waals surface area contributed by atoms with Gasteiger partial charge in [0.25, 0.3) is 5.56 Å². The number of nitrogens with one attached hydrogen (secondary N) is 2. The largest absolute Gasteiger partial charge is 0.353 e. The van der Waals surface area contributed by atoms with Crippen LogP contribution in [0.25, 0.3) is 11.0 Å². The van der Waals surface area contributed by atoms with Gasteiger partial charge in [0.1, 0.15) is 5.52 Å². The van der Waals surface area contributed by atoms with Crippen LogP contribution in [-0.2, 0) is 6.54 Å². The highest BCUT2D eigenvalue weighted by Crippen LogP contribution is 2.11. The number of hydrogen-bond acceptors (Lipinski definition) is 2. The van der Waals surface area contributed by atoms with E-state index in [0.717, 1.165) is 15.7 Å². The lowest BCUT2D eigenvalue weighted by Gasteiger charge is -2.05. The third-order valence-corrected chi connectivity index (χ3v) is 3.68. The van der Waals surface area contributed by atoms with E-state index in [4.69, 9.17) is 0 Å². The highest BCUT2D eigenvalue weighted by atomic mass is 79.9. The Labute approximate surface area is 122 Å². The number of benzene rings is 1. The Hall–Kier alpha value is -2.08. The quantitative estimate of drug-likeness (QED) is 0.754. The summed E-state index contributed by atoms with van der Waals surface area (Å²) in [6, 6.07) is 9.26. The first-order valence-electron chi connectivity index (χ1n) is 6.11. The standard InChI is InChI=1S/C14H12BrN3O2/c1-8-6-11-12(16-8)13(19)18(14(20)17-11)7-9-2-4-10(15)5-3-9/h2-6,16H,7H2,1H3,(H,17,20). The molecule has 20 heavy (non-hydrogen) atoms. The van der Waals surface area contributed by atoms with E-state index in [9.17, 15) is 9.59 Å². The van der Waals surface area contributed by atoms with Crippen LogP contribution in [0, 0.1) is 6.92 Å². The van der Waals surface area contributed by atoms with Crippen molar-refractivity contribution in [2.24, 2.45) is 0 Å². The number of halogens is 1. The second-order valence-corrected chi connectivity index (χ2v) is 5.60. The number of aryl methyl sites for hydroxylation is 1. The zero-order valence-electron chi connectivity index (χ0n) is 10.7. The molecule has 0 amide bonds. The summed E-state index contributed by atoms with van der Waals surface area (Å²) >= 11 is 3.35. The van der Waals surface area contributed by atoms with Gasteiger partial charge in [-0.2, -0.15) is 0 Å². The molecule has 0 aliphatic rings. The van der Waals surface area contributed by atoms with Crippen molar-refractivity contribution in [2.45, 2.75) is 13.5 Å². The van der Waals surface area contributed by atoms with Crippen LogP contribution in [0.3, 0.4) is 0 Å². The molecular weight excluding hydrogens is 322 g/mol. The van der Waals surface area contributed by atoms with Crippen molar-refractivity contribution in [2.75, 3.05) is 0 Å². The zero-order valence-corrected chi connectivity index (χ0v) is 12.3. The van der Waals surface area contributed by atoms with E-state index in [1.807, 2.05) is 31.2 Å². The van der Waals surface area contributed by atoms with Gasteiger partial charge < -0.3 is 9.97 Å². The van der Waals surface area contributed by atoms with Crippen LogP contribution in [0.1, 0.15) is 11.3 Å². The van der Waals surface area contributed by atoms with Crippen LogP contribution in [0.15, 0.2) is 44.4 Å². The van der Waals surface area contributed by atoms with Crippen molar-refractivity contribution >= 4 is 27.0 Å². The third-order valence-electron chi connectivity index (χ3n) is 3.15. The molecule has 1 aromatic carbocycles. The Morgan fingerprint density at radius 1 is 1.15 bits per heavy atom. The Kier molecular flexibility index (Phi) is 3.10. The number of nitrogens with zero attached hydrogens (tertiary/aromatic N) is 1. The molecule has 0 unspecified atom stereocenters. The number of hydrogen-bond donors (Lipinski definition) is 2. The number of aromatic nitrogens is 3. The third kappa shape index (κ3) is 2.22. The summed E-state index contributed by atoms with van der Waals surface area (Å²) in [4.78, 5) is 30.1. The molecule has 0 bridgehead atoms. The minimum absolute atomic E-state index is 0.245. The SMILES string of the molecule is Cc1cc2[nH]c(=O)n(Cc3ccc(Br)cc3)c(=O)c2[nH]1. The summed E-state index contributed by atoms with van der Waals surface area (Å²) in [7, 11) is 0. The molecular formula is C14H12BrN3O2. The van der Waals surface area contributed by atoms with Gasteiger partial charge in [-0.25, -0.2) is 4.79 Å². The molecule has 2 aromatic heterocycles. The summed E-state index contributed by atoms with van der Waals surface area (Å²) in [6.07, 6.45) is 0. The van der Waals surface area contributed by atoms with Gasteiger partial charge in [-0.3, -0.25) is 9.36 Å². The molecule has 3 aromatic rings. The maximum atomic E-state index is 12.3. The molecule has 0 aliphatic carbocycles. The predicted octanol–water partition coefficient (Wildman–Crippen LogP) is 2.14. The summed E-state index contributed by atoms with van der Waals surface area (Å²) in [6.45, 7) is 2.09. The van der Waals surface area contributed by atoms with Crippen LogP contribution in [0.5, 0.6) is 0 Å². The summed E-state index contributed by atoms with van der Waals surface area (Å²) in [5, 5.41) is 0. The minimum atomic E-state index is -0.399. The molecule has 0 atom stereocenters. The normalized spacial score (nSPS) is 11.1. The van der Waals surface area contributed by atoms with E-state index in [2.05, 4.69) is 25.9 Å². The highest BCUT2D eigenvalue weighted by molar-refractivity contribution is 9.10. The molecule has 2 N–H and O–H groups in total. The fourth-order valence-corrected chi connectivity index (χ4v) is 2.45. The van der Waals surface area contributed by atoms with Gasteiger partial charge in [-0.1, -0.05) is 28.1 Å². The number of aromatic amines is 2. The van der Waals surface area contributed by atoms with Crippen LogP contribution < -0.4 is 11.2 Å².